The van der Waals surface area contributed by atoms with Crippen molar-refractivity contribution in [2.24, 2.45) is 0 Å². The fourth-order valence-electron chi connectivity index (χ4n) is 0.977. The van der Waals surface area contributed by atoms with Gasteiger partial charge in [0.1, 0.15) is 11.3 Å². The van der Waals surface area contributed by atoms with Crippen LogP contribution in [0.3, 0.4) is 0 Å². The molecule has 0 unspecified atom stereocenters. The van der Waals surface area contributed by atoms with Crippen molar-refractivity contribution in [3.8, 4) is 5.75 Å². The van der Waals surface area contributed by atoms with Gasteiger partial charge in [0, 0.05) is 12.4 Å². The van der Waals surface area contributed by atoms with E-state index in [0.29, 0.717) is 11.0 Å². The van der Waals surface area contributed by atoms with Gasteiger partial charge in [0.2, 0.25) is 0 Å². The van der Waals surface area contributed by atoms with Crippen molar-refractivity contribution in [1.82, 2.24) is 9.97 Å². The van der Waals surface area contributed by atoms with E-state index in [2.05, 4.69) is 9.97 Å². The van der Waals surface area contributed by atoms with Gasteiger partial charge in [-0.15, -0.1) is 0 Å². The van der Waals surface area contributed by atoms with Crippen LogP contribution in [-0.2, 0) is 0 Å². The molecular formula is C8H9GaN2O. The predicted molar refractivity (Wildman–Crippen MR) is 51.1 cm³/mol. The summed E-state index contributed by atoms with van der Waals surface area (Å²) in [6.45, 7) is 0. The molecule has 0 amide bonds. The van der Waals surface area contributed by atoms with Crippen LogP contribution in [0.1, 0.15) is 0 Å². The van der Waals surface area contributed by atoms with E-state index in [1.54, 1.807) is 24.5 Å². The normalized spacial score (nSPS) is 9.33. The molecule has 1 N–H and O–H groups in total. The van der Waals surface area contributed by atoms with Crippen LogP contribution in [0.4, 0.5) is 0 Å². The molecule has 0 saturated carbocycles. The zero-order chi connectivity index (χ0) is 7.68. The van der Waals surface area contributed by atoms with Crippen LogP contribution in [-0.4, -0.2) is 34.9 Å². The standard InChI is InChI=1S/C8H6N2O.Ga.3H/c11-7-3-1-2-6-8(7)10-5-4-9-6;;;;/h1-5,11H;;;;. The number of hydrogen-bond acceptors (Lipinski definition) is 3. The monoisotopic (exact) mass is 218 g/mol. The van der Waals surface area contributed by atoms with Crippen molar-refractivity contribution in [3.05, 3.63) is 30.6 Å². The van der Waals surface area contributed by atoms with E-state index in [0.717, 1.165) is 0 Å². The van der Waals surface area contributed by atoms with Gasteiger partial charge in [-0.1, -0.05) is 6.07 Å². The van der Waals surface area contributed by atoms with Crippen molar-refractivity contribution in [3.63, 3.8) is 0 Å². The first-order valence-electron chi connectivity index (χ1n) is 3.26. The summed E-state index contributed by atoms with van der Waals surface area (Å²) in [5, 5.41) is 9.27. The first-order chi connectivity index (χ1) is 5.38. The Morgan fingerprint density at radius 3 is 2.58 bits per heavy atom. The summed E-state index contributed by atoms with van der Waals surface area (Å²) in [4.78, 5) is 7.99. The molecule has 4 heteroatoms. The molecule has 0 radical (unpaired) electrons. The Morgan fingerprint density at radius 1 is 1.08 bits per heavy atom. The fraction of sp³-hybridized carbons (Fsp3) is 0. The van der Waals surface area contributed by atoms with E-state index in [9.17, 15) is 5.11 Å². The molecule has 2 aromatic rings. The van der Waals surface area contributed by atoms with Crippen molar-refractivity contribution >= 4 is 30.8 Å². The molecule has 3 nitrogen and oxygen atoms in total. The van der Waals surface area contributed by atoms with Crippen LogP contribution in [0.15, 0.2) is 30.6 Å². The maximum absolute atomic E-state index is 9.27. The number of phenolic OH excluding ortho intramolecular Hbond substituents is 1. The third-order valence-corrected chi connectivity index (χ3v) is 1.48. The van der Waals surface area contributed by atoms with Gasteiger partial charge in [-0.2, -0.15) is 0 Å². The Labute approximate surface area is 82.5 Å². The second kappa shape index (κ2) is 3.60. The number of fused-ring (bicyclic) bond motifs is 1. The summed E-state index contributed by atoms with van der Waals surface area (Å²) in [5.74, 6) is 0.176. The maximum atomic E-state index is 9.27. The molecule has 60 valence electrons. The van der Waals surface area contributed by atoms with Crippen LogP contribution >= 0.6 is 0 Å². The molecule has 1 aromatic carbocycles. The van der Waals surface area contributed by atoms with Crippen LogP contribution < -0.4 is 0 Å². The van der Waals surface area contributed by atoms with Gasteiger partial charge in [-0.05, 0) is 12.1 Å². The van der Waals surface area contributed by atoms with Gasteiger partial charge >= 0.3 is 19.8 Å². The average Bonchev–Trinajstić information content (AvgIpc) is 2.06. The Hall–Kier alpha value is -1.00. The zero-order valence-corrected chi connectivity index (χ0v) is 5.73. The number of para-hydroxylation sites is 1. The third-order valence-electron chi connectivity index (χ3n) is 1.48. The minimum absolute atomic E-state index is 0. The number of rotatable bonds is 0. The number of aromatic hydroxyl groups is 1. The van der Waals surface area contributed by atoms with Gasteiger partial charge in [0.05, 0.1) is 5.52 Å². The quantitative estimate of drug-likeness (QED) is 0.641. The summed E-state index contributed by atoms with van der Waals surface area (Å²) in [7, 11) is 0. The summed E-state index contributed by atoms with van der Waals surface area (Å²) in [5.41, 5.74) is 1.27. The molecule has 0 aliphatic heterocycles. The van der Waals surface area contributed by atoms with Crippen molar-refractivity contribution in [1.29, 1.82) is 0 Å². The molecule has 2 rings (SSSR count). The Bertz CT molecular complexity index is 386. The Kier molecular flexibility index (Phi) is 2.72. The van der Waals surface area contributed by atoms with Crippen molar-refractivity contribution < 1.29 is 5.11 Å². The number of hydrogen-bond donors (Lipinski definition) is 1. The molecule has 0 fully saturated rings. The van der Waals surface area contributed by atoms with Gasteiger partial charge in [-0.3, -0.25) is 4.98 Å². The zero-order valence-electron chi connectivity index (χ0n) is 5.73. The number of nitrogens with zero attached hydrogens (tertiary/aromatic N) is 2. The molecule has 1 heterocycles. The van der Waals surface area contributed by atoms with Crippen molar-refractivity contribution in [2.75, 3.05) is 0 Å². The van der Waals surface area contributed by atoms with E-state index in [-0.39, 0.29) is 25.5 Å². The predicted octanol–water partition coefficient (Wildman–Crippen LogP) is 0.151. The second-order valence-electron chi connectivity index (χ2n) is 2.20. The summed E-state index contributed by atoms with van der Waals surface area (Å²) < 4.78 is 0. The van der Waals surface area contributed by atoms with Crippen molar-refractivity contribution in [2.45, 2.75) is 0 Å². The molecule has 12 heavy (non-hydrogen) atoms. The minimum atomic E-state index is 0. The first kappa shape index (κ1) is 9.09. The van der Waals surface area contributed by atoms with Crippen LogP contribution in [0.25, 0.3) is 11.0 Å². The van der Waals surface area contributed by atoms with Crippen LogP contribution in [0.5, 0.6) is 5.75 Å². The average molecular weight is 219 g/mol. The molecular weight excluding hydrogens is 210 g/mol. The number of phenols is 1. The number of aromatic nitrogens is 2. The molecule has 1 aromatic heterocycles. The van der Waals surface area contributed by atoms with Crippen LogP contribution in [0.2, 0.25) is 0 Å². The van der Waals surface area contributed by atoms with Gasteiger partial charge < -0.3 is 5.11 Å². The Balaban J connectivity index is 0.000000720. The molecule has 0 atom stereocenters. The summed E-state index contributed by atoms with van der Waals surface area (Å²) >= 11 is 0. The Morgan fingerprint density at radius 2 is 1.83 bits per heavy atom. The van der Waals surface area contributed by atoms with Gasteiger partial charge in [-0.25, -0.2) is 4.98 Å². The van der Waals surface area contributed by atoms with Gasteiger partial charge in [0.15, 0.2) is 0 Å². The number of benzene rings is 1. The molecule has 0 aliphatic carbocycles. The molecule has 0 spiro atoms. The first-order valence-corrected chi connectivity index (χ1v) is 3.26. The van der Waals surface area contributed by atoms with Gasteiger partial charge in [0.25, 0.3) is 0 Å². The van der Waals surface area contributed by atoms with Crippen LogP contribution in [0, 0.1) is 0 Å². The van der Waals surface area contributed by atoms with E-state index in [4.69, 9.17) is 0 Å². The topological polar surface area (TPSA) is 46.0 Å². The SMILES string of the molecule is Oc1cccc2nccnc12.[GaH3]. The molecule has 0 aliphatic rings. The van der Waals surface area contributed by atoms with E-state index in [1.807, 2.05) is 6.07 Å². The molecule has 0 saturated heterocycles. The summed E-state index contributed by atoms with van der Waals surface area (Å²) in [6, 6.07) is 5.14. The fourth-order valence-corrected chi connectivity index (χ4v) is 0.977. The van der Waals surface area contributed by atoms with E-state index >= 15 is 0 Å². The summed E-state index contributed by atoms with van der Waals surface area (Å²) in [6.07, 6.45) is 3.16. The molecule has 0 bridgehead atoms. The second-order valence-corrected chi connectivity index (χ2v) is 2.20. The van der Waals surface area contributed by atoms with E-state index in [1.165, 1.54) is 0 Å². The van der Waals surface area contributed by atoms with E-state index < -0.39 is 0 Å². The third kappa shape index (κ3) is 1.44.